The van der Waals surface area contributed by atoms with Crippen LogP contribution in [0.2, 0.25) is 0 Å². The molecule has 17 heavy (non-hydrogen) atoms. The van der Waals surface area contributed by atoms with Gasteiger partial charge in [0, 0.05) is 6.42 Å². The van der Waals surface area contributed by atoms with E-state index < -0.39 is 5.60 Å². The summed E-state index contributed by atoms with van der Waals surface area (Å²) in [5, 5.41) is 10.2. The lowest BCUT2D eigenvalue weighted by Gasteiger charge is -2.28. The van der Waals surface area contributed by atoms with E-state index in [4.69, 9.17) is 0 Å². The van der Waals surface area contributed by atoms with Crippen LogP contribution in [0.3, 0.4) is 0 Å². The van der Waals surface area contributed by atoms with E-state index in [-0.39, 0.29) is 5.78 Å². The van der Waals surface area contributed by atoms with Gasteiger partial charge in [-0.15, -0.1) is 0 Å². The lowest BCUT2D eigenvalue weighted by Crippen LogP contribution is -2.35. The van der Waals surface area contributed by atoms with Crippen LogP contribution in [0, 0.1) is 17.3 Å². The second-order valence-electron chi connectivity index (χ2n) is 6.96. The Labute approximate surface area is 104 Å². The molecule has 0 heterocycles. The summed E-state index contributed by atoms with van der Waals surface area (Å²) in [4.78, 5) is 11.9. The van der Waals surface area contributed by atoms with Gasteiger partial charge < -0.3 is 5.11 Å². The van der Waals surface area contributed by atoms with Crippen molar-refractivity contribution in [3.05, 3.63) is 11.6 Å². The van der Waals surface area contributed by atoms with Crippen molar-refractivity contribution in [3.8, 4) is 0 Å². The molecule has 0 bridgehead atoms. The molecular formula is C15H24O2. The van der Waals surface area contributed by atoms with Gasteiger partial charge in [0.25, 0.3) is 0 Å². The number of hydrogen-bond donors (Lipinski definition) is 1. The molecule has 2 heteroatoms. The van der Waals surface area contributed by atoms with Crippen LogP contribution in [-0.4, -0.2) is 16.5 Å². The summed E-state index contributed by atoms with van der Waals surface area (Å²) in [6, 6.07) is 0. The van der Waals surface area contributed by atoms with Crippen molar-refractivity contribution in [1.82, 2.24) is 0 Å². The molecule has 2 rings (SSSR count). The van der Waals surface area contributed by atoms with E-state index in [9.17, 15) is 9.90 Å². The molecule has 2 aliphatic carbocycles. The predicted octanol–water partition coefficient (Wildman–Crippen LogP) is 3.10. The fourth-order valence-electron chi connectivity index (χ4n) is 3.46. The van der Waals surface area contributed by atoms with Gasteiger partial charge in [0.2, 0.25) is 0 Å². The van der Waals surface area contributed by atoms with Crippen molar-refractivity contribution < 1.29 is 9.90 Å². The standard InChI is InChI=1S/C15H24O2/c1-10-5-6-13(16)15(4,17)8-11-7-14(2,3)9-12(10)11/h8,10,12,17H,5-7,9H2,1-4H3/b11-8-/t10-,12?,15-/m1/s1. The maximum atomic E-state index is 11.9. The van der Waals surface area contributed by atoms with Crippen LogP contribution in [0.15, 0.2) is 11.6 Å². The van der Waals surface area contributed by atoms with Crippen LogP contribution in [0.25, 0.3) is 0 Å². The molecule has 0 saturated heterocycles. The van der Waals surface area contributed by atoms with Crippen molar-refractivity contribution in [2.24, 2.45) is 17.3 Å². The van der Waals surface area contributed by atoms with Crippen LogP contribution in [-0.2, 0) is 4.79 Å². The van der Waals surface area contributed by atoms with Crippen LogP contribution < -0.4 is 0 Å². The van der Waals surface area contributed by atoms with Crippen molar-refractivity contribution in [2.45, 2.75) is 59.0 Å². The quantitative estimate of drug-likeness (QED) is 0.656. The summed E-state index contributed by atoms with van der Waals surface area (Å²) in [7, 11) is 0. The fraction of sp³-hybridized carbons (Fsp3) is 0.800. The minimum Gasteiger partial charge on any atom is -0.378 e. The third-order valence-corrected chi connectivity index (χ3v) is 4.48. The van der Waals surface area contributed by atoms with Crippen molar-refractivity contribution in [2.75, 3.05) is 0 Å². The van der Waals surface area contributed by atoms with Gasteiger partial charge in [-0.05, 0) is 49.5 Å². The fourth-order valence-corrected chi connectivity index (χ4v) is 3.46. The smallest absolute Gasteiger partial charge is 0.168 e. The Balaban J connectivity index is 2.38. The molecule has 0 aromatic carbocycles. The Morgan fingerprint density at radius 2 is 2.00 bits per heavy atom. The van der Waals surface area contributed by atoms with Crippen LogP contribution in [0.4, 0.5) is 0 Å². The molecular weight excluding hydrogens is 212 g/mol. The van der Waals surface area contributed by atoms with E-state index >= 15 is 0 Å². The van der Waals surface area contributed by atoms with E-state index in [0.29, 0.717) is 23.7 Å². The number of carbonyl (C=O) groups excluding carboxylic acids is 1. The number of carbonyl (C=O) groups is 1. The topological polar surface area (TPSA) is 37.3 Å². The highest BCUT2D eigenvalue weighted by Gasteiger charge is 2.41. The van der Waals surface area contributed by atoms with Gasteiger partial charge >= 0.3 is 0 Å². The van der Waals surface area contributed by atoms with Crippen LogP contribution >= 0.6 is 0 Å². The number of fused-ring (bicyclic) bond motifs is 1. The first kappa shape index (κ1) is 12.8. The zero-order valence-electron chi connectivity index (χ0n) is 11.4. The molecule has 0 aromatic rings. The summed E-state index contributed by atoms with van der Waals surface area (Å²) >= 11 is 0. The first-order valence-corrected chi connectivity index (χ1v) is 6.69. The highest BCUT2D eigenvalue weighted by Crippen LogP contribution is 2.50. The molecule has 1 saturated carbocycles. The summed E-state index contributed by atoms with van der Waals surface area (Å²) in [5.74, 6) is 1.09. The third kappa shape index (κ3) is 2.47. The normalized spacial score (nSPS) is 44.5. The largest absolute Gasteiger partial charge is 0.378 e. The van der Waals surface area contributed by atoms with Gasteiger partial charge in [-0.1, -0.05) is 26.3 Å². The molecule has 1 unspecified atom stereocenters. The zero-order chi connectivity index (χ0) is 12.8. The van der Waals surface area contributed by atoms with Gasteiger partial charge in [-0.2, -0.15) is 0 Å². The van der Waals surface area contributed by atoms with Gasteiger partial charge in [-0.3, -0.25) is 4.79 Å². The Morgan fingerprint density at radius 3 is 2.65 bits per heavy atom. The SMILES string of the molecule is C[C@@H]1CCC(=O)[C@](C)(O)/C=C2/CC(C)(C)CC21. The molecule has 2 aliphatic rings. The van der Waals surface area contributed by atoms with Gasteiger partial charge in [0.15, 0.2) is 5.78 Å². The Kier molecular flexibility index (Phi) is 2.97. The Hall–Kier alpha value is -0.630. The predicted molar refractivity (Wildman–Crippen MR) is 68.6 cm³/mol. The Morgan fingerprint density at radius 1 is 1.35 bits per heavy atom. The highest BCUT2D eigenvalue weighted by molar-refractivity contribution is 5.89. The number of rotatable bonds is 0. The molecule has 3 atom stereocenters. The molecule has 0 spiro atoms. The first-order valence-electron chi connectivity index (χ1n) is 6.69. The van der Waals surface area contributed by atoms with Gasteiger partial charge in [0.1, 0.15) is 5.60 Å². The van der Waals surface area contributed by atoms with E-state index in [0.717, 1.165) is 12.8 Å². The second-order valence-corrected chi connectivity index (χ2v) is 6.96. The second kappa shape index (κ2) is 3.94. The maximum absolute atomic E-state index is 11.9. The molecule has 1 fully saturated rings. The van der Waals surface area contributed by atoms with E-state index in [2.05, 4.69) is 20.8 Å². The number of Topliss-reactive ketones (excluding diaryl/α,β-unsaturated/α-hetero) is 1. The van der Waals surface area contributed by atoms with Gasteiger partial charge in [-0.25, -0.2) is 0 Å². The summed E-state index contributed by atoms with van der Waals surface area (Å²) in [5.41, 5.74) is 0.378. The summed E-state index contributed by atoms with van der Waals surface area (Å²) < 4.78 is 0. The summed E-state index contributed by atoms with van der Waals surface area (Å²) in [6.07, 6.45) is 5.47. The number of aliphatic hydroxyl groups is 1. The maximum Gasteiger partial charge on any atom is 0.168 e. The molecule has 0 radical (unpaired) electrons. The van der Waals surface area contributed by atoms with E-state index in [1.807, 2.05) is 6.08 Å². The lowest BCUT2D eigenvalue weighted by molar-refractivity contribution is -0.132. The zero-order valence-corrected chi connectivity index (χ0v) is 11.4. The molecule has 0 aliphatic heterocycles. The molecule has 0 aromatic heterocycles. The number of ketones is 1. The third-order valence-electron chi connectivity index (χ3n) is 4.48. The minimum atomic E-state index is -1.24. The highest BCUT2D eigenvalue weighted by atomic mass is 16.3. The molecule has 2 nitrogen and oxygen atoms in total. The van der Waals surface area contributed by atoms with E-state index in [1.165, 1.54) is 12.0 Å². The van der Waals surface area contributed by atoms with Gasteiger partial charge in [0.05, 0.1) is 0 Å². The Bertz CT molecular complexity index is 363. The minimum absolute atomic E-state index is 0.0278. The molecule has 96 valence electrons. The average Bonchev–Trinajstić information content (AvgIpc) is 2.47. The monoisotopic (exact) mass is 236 g/mol. The van der Waals surface area contributed by atoms with E-state index in [1.54, 1.807) is 6.92 Å². The van der Waals surface area contributed by atoms with Crippen molar-refractivity contribution >= 4 is 5.78 Å². The lowest BCUT2D eigenvalue weighted by atomic mass is 9.78. The molecule has 0 amide bonds. The summed E-state index contributed by atoms with van der Waals surface area (Å²) in [6.45, 7) is 8.44. The number of hydrogen-bond acceptors (Lipinski definition) is 2. The number of allylic oxidation sites excluding steroid dienone is 1. The van der Waals surface area contributed by atoms with Crippen molar-refractivity contribution in [1.29, 1.82) is 0 Å². The average molecular weight is 236 g/mol. The molecule has 1 N–H and O–H groups in total. The van der Waals surface area contributed by atoms with Crippen LogP contribution in [0.1, 0.15) is 53.4 Å². The van der Waals surface area contributed by atoms with Crippen molar-refractivity contribution in [3.63, 3.8) is 0 Å². The first-order chi connectivity index (χ1) is 7.71. The van der Waals surface area contributed by atoms with Crippen LogP contribution in [0.5, 0.6) is 0 Å².